The number of hydrogen-bond acceptors (Lipinski definition) is 0. The average molecular weight is 238 g/mol. The predicted octanol–water partition coefficient (Wildman–Crippen LogP) is 5.08. The third-order valence-electron chi connectivity index (χ3n) is 3.40. The Hall–Kier alpha value is -1.89. The van der Waals surface area contributed by atoms with Crippen LogP contribution in [0, 0.1) is 5.82 Å². The summed E-state index contributed by atoms with van der Waals surface area (Å²) < 4.78 is 13.2. The van der Waals surface area contributed by atoms with E-state index in [1.54, 1.807) is 6.07 Å². The average Bonchev–Trinajstić information content (AvgIpc) is 2.38. The summed E-state index contributed by atoms with van der Waals surface area (Å²) in [5, 5.41) is 4.52. The van der Waals surface area contributed by atoms with Crippen molar-refractivity contribution in [1.82, 2.24) is 0 Å². The Bertz CT molecular complexity index is 713. The summed E-state index contributed by atoms with van der Waals surface area (Å²) >= 11 is 0. The lowest BCUT2D eigenvalue weighted by atomic mass is 9.99. The molecule has 0 N–H and O–H groups in total. The predicted molar refractivity (Wildman–Crippen MR) is 75.4 cm³/mol. The molecule has 0 heterocycles. The second-order valence-corrected chi connectivity index (χ2v) is 4.74. The molecule has 0 radical (unpaired) electrons. The topological polar surface area (TPSA) is 0 Å². The fraction of sp³-hybridized carbons (Fsp3) is 0.176. The van der Waals surface area contributed by atoms with Crippen LogP contribution in [-0.4, -0.2) is 0 Å². The molecule has 90 valence electrons. The molecular formula is C17H15F. The largest absolute Gasteiger partial charge is 0.207 e. The summed E-state index contributed by atoms with van der Waals surface area (Å²) in [5.41, 5.74) is 1.37. The summed E-state index contributed by atoms with van der Waals surface area (Å²) in [6.07, 6.45) is 2.27. The molecule has 0 nitrogen and oxygen atoms in total. The molecule has 0 atom stereocenters. The van der Waals surface area contributed by atoms with Gasteiger partial charge in [-0.2, -0.15) is 0 Å². The molecule has 0 aliphatic carbocycles. The highest BCUT2D eigenvalue weighted by Crippen LogP contribution is 2.27. The van der Waals surface area contributed by atoms with Gasteiger partial charge in [-0.05, 0) is 45.7 Å². The van der Waals surface area contributed by atoms with Gasteiger partial charge >= 0.3 is 0 Å². The van der Waals surface area contributed by atoms with E-state index in [4.69, 9.17) is 0 Å². The van der Waals surface area contributed by atoms with E-state index in [1.165, 1.54) is 22.4 Å². The van der Waals surface area contributed by atoms with Gasteiger partial charge in [0.1, 0.15) is 5.82 Å². The molecule has 0 amide bonds. The number of fused-ring (bicyclic) bond motifs is 3. The van der Waals surface area contributed by atoms with Crippen LogP contribution in [0.15, 0.2) is 48.5 Å². The molecule has 3 aromatic carbocycles. The molecule has 0 aliphatic rings. The zero-order valence-electron chi connectivity index (χ0n) is 10.4. The SMILES string of the molecule is CCCc1ccc2c(ccc3cc(F)ccc32)c1. The first-order valence-corrected chi connectivity index (χ1v) is 6.39. The Morgan fingerprint density at radius 3 is 2.22 bits per heavy atom. The smallest absolute Gasteiger partial charge is 0.123 e. The van der Waals surface area contributed by atoms with Crippen molar-refractivity contribution in [1.29, 1.82) is 0 Å². The van der Waals surface area contributed by atoms with Crippen molar-refractivity contribution in [3.05, 3.63) is 59.9 Å². The van der Waals surface area contributed by atoms with Crippen molar-refractivity contribution in [3.8, 4) is 0 Å². The van der Waals surface area contributed by atoms with Gasteiger partial charge in [0.25, 0.3) is 0 Å². The Balaban J connectivity index is 2.28. The Morgan fingerprint density at radius 2 is 1.50 bits per heavy atom. The lowest BCUT2D eigenvalue weighted by Crippen LogP contribution is -1.85. The van der Waals surface area contributed by atoms with Gasteiger partial charge < -0.3 is 0 Å². The van der Waals surface area contributed by atoms with Crippen molar-refractivity contribution in [2.75, 3.05) is 0 Å². The van der Waals surface area contributed by atoms with Gasteiger partial charge in [-0.25, -0.2) is 4.39 Å². The lowest BCUT2D eigenvalue weighted by Gasteiger charge is -2.06. The standard InChI is InChI=1S/C17H15F/c1-2-3-12-4-8-16-13(10-12)5-6-14-11-15(18)7-9-17(14)16/h4-11H,2-3H2,1H3. The zero-order valence-corrected chi connectivity index (χ0v) is 10.4. The number of aryl methyl sites for hydroxylation is 1. The number of rotatable bonds is 2. The van der Waals surface area contributed by atoms with Gasteiger partial charge in [0.15, 0.2) is 0 Å². The summed E-state index contributed by atoms with van der Waals surface area (Å²) in [5.74, 6) is -0.176. The van der Waals surface area contributed by atoms with Gasteiger partial charge in [0.2, 0.25) is 0 Å². The first-order chi connectivity index (χ1) is 8.78. The molecule has 0 unspecified atom stereocenters. The molecular weight excluding hydrogens is 223 g/mol. The second-order valence-electron chi connectivity index (χ2n) is 4.74. The van der Waals surface area contributed by atoms with Gasteiger partial charge in [-0.15, -0.1) is 0 Å². The maximum atomic E-state index is 13.2. The van der Waals surface area contributed by atoms with Crippen LogP contribution in [0.5, 0.6) is 0 Å². The molecule has 0 saturated heterocycles. The molecule has 3 rings (SSSR count). The third-order valence-corrected chi connectivity index (χ3v) is 3.40. The number of benzene rings is 3. The first-order valence-electron chi connectivity index (χ1n) is 6.39. The van der Waals surface area contributed by atoms with E-state index in [2.05, 4.69) is 31.2 Å². The number of hydrogen-bond donors (Lipinski definition) is 0. The number of halogens is 1. The van der Waals surface area contributed by atoms with Gasteiger partial charge in [0.05, 0.1) is 0 Å². The fourth-order valence-electron chi connectivity index (χ4n) is 2.54. The molecule has 0 fully saturated rings. The Morgan fingerprint density at radius 1 is 0.833 bits per heavy atom. The van der Waals surface area contributed by atoms with Crippen molar-refractivity contribution in [3.63, 3.8) is 0 Å². The highest BCUT2D eigenvalue weighted by atomic mass is 19.1. The van der Waals surface area contributed by atoms with Crippen molar-refractivity contribution in [2.45, 2.75) is 19.8 Å². The van der Waals surface area contributed by atoms with Crippen LogP contribution < -0.4 is 0 Å². The summed E-state index contributed by atoms with van der Waals surface area (Å²) in [7, 11) is 0. The molecule has 0 aromatic heterocycles. The van der Waals surface area contributed by atoms with Crippen LogP contribution >= 0.6 is 0 Å². The van der Waals surface area contributed by atoms with Crippen molar-refractivity contribution < 1.29 is 4.39 Å². The third kappa shape index (κ3) is 1.86. The van der Waals surface area contributed by atoms with E-state index in [9.17, 15) is 4.39 Å². The first kappa shape index (κ1) is 11.2. The maximum Gasteiger partial charge on any atom is 0.123 e. The molecule has 1 heteroatoms. The van der Waals surface area contributed by atoms with Gasteiger partial charge in [-0.3, -0.25) is 0 Å². The molecule has 18 heavy (non-hydrogen) atoms. The van der Waals surface area contributed by atoms with Crippen LogP contribution in [-0.2, 0) is 6.42 Å². The van der Waals surface area contributed by atoms with E-state index >= 15 is 0 Å². The van der Waals surface area contributed by atoms with Crippen LogP contribution in [0.1, 0.15) is 18.9 Å². The summed E-state index contributed by atoms with van der Waals surface area (Å²) in [6, 6.07) is 15.6. The molecule has 0 spiro atoms. The van der Waals surface area contributed by atoms with Crippen LogP contribution in [0.25, 0.3) is 21.5 Å². The monoisotopic (exact) mass is 238 g/mol. The summed E-state index contributed by atoms with van der Waals surface area (Å²) in [6.45, 7) is 2.19. The quantitative estimate of drug-likeness (QED) is 0.546. The molecule has 3 aromatic rings. The Kier molecular flexibility index (Phi) is 2.75. The second kappa shape index (κ2) is 4.41. The van der Waals surface area contributed by atoms with Crippen LogP contribution in [0.3, 0.4) is 0 Å². The minimum Gasteiger partial charge on any atom is -0.207 e. The van der Waals surface area contributed by atoms with E-state index < -0.39 is 0 Å². The molecule has 0 aliphatic heterocycles. The van der Waals surface area contributed by atoms with Crippen LogP contribution in [0.4, 0.5) is 4.39 Å². The van der Waals surface area contributed by atoms with Gasteiger partial charge in [-0.1, -0.05) is 49.7 Å². The highest BCUT2D eigenvalue weighted by molar-refractivity contribution is 6.07. The minimum absolute atomic E-state index is 0.176. The Labute approximate surface area is 106 Å². The summed E-state index contributed by atoms with van der Waals surface area (Å²) in [4.78, 5) is 0. The van der Waals surface area contributed by atoms with Gasteiger partial charge in [0, 0.05) is 0 Å². The normalized spacial score (nSPS) is 11.2. The van der Waals surface area contributed by atoms with E-state index in [1.807, 2.05) is 12.1 Å². The zero-order chi connectivity index (χ0) is 12.5. The van der Waals surface area contributed by atoms with E-state index in [0.717, 1.165) is 23.6 Å². The van der Waals surface area contributed by atoms with Crippen LogP contribution in [0.2, 0.25) is 0 Å². The molecule has 0 bridgehead atoms. The van der Waals surface area contributed by atoms with Crippen molar-refractivity contribution in [2.24, 2.45) is 0 Å². The van der Waals surface area contributed by atoms with E-state index in [-0.39, 0.29) is 5.82 Å². The van der Waals surface area contributed by atoms with Crippen molar-refractivity contribution >= 4 is 21.5 Å². The molecule has 0 saturated carbocycles. The minimum atomic E-state index is -0.176. The lowest BCUT2D eigenvalue weighted by molar-refractivity contribution is 0.630. The van der Waals surface area contributed by atoms with E-state index in [0.29, 0.717) is 0 Å². The fourth-order valence-corrected chi connectivity index (χ4v) is 2.54. The highest BCUT2D eigenvalue weighted by Gasteiger charge is 2.02. The maximum absolute atomic E-state index is 13.2.